The summed E-state index contributed by atoms with van der Waals surface area (Å²) in [5.41, 5.74) is 0.468. The van der Waals surface area contributed by atoms with Crippen LogP contribution in [0.3, 0.4) is 0 Å². The van der Waals surface area contributed by atoms with Gasteiger partial charge in [0.1, 0.15) is 0 Å². The molecule has 2 rings (SSSR count). The first-order valence-electron chi connectivity index (χ1n) is 4.07. The largest absolute Gasteiger partial charge is 0.326 e. The fraction of sp³-hybridized carbons (Fsp3) is 0. The smallest absolute Gasteiger partial charge is 0.283 e. The van der Waals surface area contributed by atoms with Crippen molar-refractivity contribution in [1.82, 2.24) is 9.97 Å². The van der Waals surface area contributed by atoms with Crippen molar-refractivity contribution in [3.05, 3.63) is 52.8 Å². The fourth-order valence-corrected chi connectivity index (χ4v) is 1.14. The van der Waals surface area contributed by atoms with Crippen LogP contribution in [-0.2, 0) is 0 Å². The number of halogens is 1. The van der Waals surface area contributed by atoms with Crippen LogP contribution < -0.4 is 5.56 Å². The Bertz CT molecular complexity index is 493. The Labute approximate surface area is 79.3 Å². The number of pyridine rings is 2. The number of hydrogen-bond donors (Lipinski definition) is 1. The molecule has 0 saturated carbocycles. The first-order valence-corrected chi connectivity index (χ1v) is 4.07. The van der Waals surface area contributed by atoms with E-state index in [0.717, 1.165) is 0 Å². The normalized spacial score (nSPS) is 10.1. The van der Waals surface area contributed by atoms with Gasteiger partial charge < -0.3 is 4.98 Å². The van der Waals surface area contributed by atoms with Gasteiger partial charge >= 0.3 is 0 Å². The zero-order chi connectivity index (χ0) is 9.97. The number of hydrogen-bond acceptors (Lipinski definition) is 2. The molecule has 0 spiro atoms. The van der Waals surface area contributed by atoms with Gasteiger partial charge in [-0.2, -0.15) is 0 Å². The van der Waals surface area contributed by atoms with Crippen molar-refractivity contribution >= 4 is 0 Å². The second kappa shape index (κ2) is 3.41. The summed E-state index contributed by atoms with van der Waals surface area (Å²) in [5.74, 6) is -0.798. The average molecular weight is 190 g/mol. The van der Waals surface area contributed by atoms with Gasteiger partial charge in [0.2, 0.25) is 0 Å². The van der Waals surface area contributed by atoms with Gasteiger partial charge in [0.25, 0.3) is 5.56 Å². The Morgan fingerprint density at radius 1 is 1.36 bits per heavy atom. The molecule has 3 nitrogen and oxygen atoms in total. The highest BCUT2D eigenvalue weighted by Gasteiger charge is 2.02. The van der Waals surface area contributed by atoms with Crippen LogP contribution in [0.5, 0.6) is 0 Å². The molecule has 0 unspecified atom stereocenters. The van der Waals surface area contributed by atoms with Gasteiger partial charge in [-0.1, -0.05) is 6.07 Å². The molecule has 4 heteroatoms. The van der Waals surface area contributed by atoms with E-state index in [1.54, 1.807) is 24.4 Å². The summed E-state index contributed by atoms with van der Waals surface area (Å²) < 4.78 is 12.9. The maximum Gasteiger partial charge on any atom is 0.283 e. The lowest BCUT2D eigenvalue weighted by Crippen LogP contribution is -2.09. The van der Waals surface area contributed by atoms with Gasteiger partial charge in [-0.3, -0.25) is 9.78 Å². The third kappa shape index (κ3) is 1.54. The van der Waals surface area contributed by atoms with Crippen LogP contribution in [-0.4, -0.2) is 9.97 Å². The highest BCUT2D eigenvalue weighted by atomic mass is 19.1. The molecule has 0 amide bonds. The van der Waals surface area contributed by atoms with Crippen molar-refractivity contribution in [1.29, 1.82) is 0 Å². The molecule has 0 saturated heterocycles. The second-order valence-electron chi connectivity index (χ2n) is 2.78. The Morgan fingerprint density at radius 2 is 2.21 bits per heavy atom. The molecule has 2 heterocycles. The highest BCUT2D eigenvalue weighted by Crippen LogP contribution is 2.13. The second-order valence-corrected chi connectivity index (χ2v) is 2.78. The minimum Gasteiger partial charge on any atom is -0.326 e. The van der Waals surface area contributed by atoms with Crippen molar-refractivity contribution < 1.29 is 4.39 Å². The molecule has 0 atom stereocenters. The predicted molar refractivity (Wildman–Crippen MR) is 50.3 cm³/mol. The third-order valence-electron chi connectivity index (χ3n) is 1.82. The van der Waals surface area contributed by atoms with Crippen molar-refractivity contribution in [3.63, 3.8) is 0 Å². The lowest BCUT2D eigenvalue weighted by Gasteiger charge is -1.98. The molecule has 0 bridgehead atoms. The quantitative estimate of drug-likeness (QED) is 0.741. The van der Waals surface area contributed by atoms with Gasteiger partial charge in [-0.25, -0.2) is 4.39 Å². The molecule has 2 aromatic heterocycles. The molecule has 0 fully saturated rings. The number of nitrogens with one attached hydrogen (secondary N) is 1. The number of aromatic amines is 1. The summed E-state index contributed by atoms with van der Waals surface area (Å²) >= 11 is 0. The van der Waals surface area contributed by atoms with Gasteiger partial charge in [0, 0.05) is 18.0 Å². The van der Waals surface area contributed by atoms with E-state index in [2.05, 4.69) is 9.97 Å². The van der Waals surface area contributed by atoms with Crippen LogP contribution in [0, 0.1) is 5.82 Å². The van der Waals surface area contributed by atoms with Crippen molar-refractivity contribution in [2.24, 2.45) is 0 Å². The summed E-state index contributed by atoms with van der Waals surface area (Å²) in [6, 6.07) is 6.48. The summed E-state index contributed by atoms with van der Waals surface area (Å²) in [6.07, 6.45) is 3.05. The summed E-state index contributed by atoms with van der Waals surface area (Å²) in [4.78, 5) is 17.1. The topological polar surface area (TPSA) is 45.8 Å². The SMILES string of the molecule is O=c1[nH]cc(-c2ccccn2)cc1F. The molecular formula is C10H7FN2O. The Balaban J connectivity index is 2.54. The highest BCUT2D eigenvalue weighted by molar-refractivity contribution is 5.57. The molecule has 70 valence electrons. The molecule has 1 N–H and O–H groups in total. The molecule has 0 aliphatic carbocycles. The Morgan fingerprint density at radius 3 is 2.86 bits per heavy atom. The maximum atomic E-state index is 12.9. The van der Waals surface area contributed by atoms with Crippen LogP contribution >= 0.6 is 0 Å². The van der Waals surface area contributed by atoms with Gasteiger partial charge in [-0.05, 0) is 18.2 Å². The van der Waals surface area contributed by atoms with Gasteiger partial charge in [-0.15, -0.1) is 0 Å². The van der Waals surface area contributed by atoms with E-state index in [4.69, 9.17) is 0 Å². The summed E-state index contributed by atoms with van der Waals surface area (Å²) in [7, 11) is 0. The fourth-order valence-electron chi connectivity index (χ4n) is 1.14. The van der Waals surface area contributed by atoms with Crippen molar-refractivity contribution in [2.45, 2.75) is 0 Å². The first-order chi connectivity index (χ1) is 6.77. The lowest BCUT2D eigenvalue weighted by molar-refractivity contribution is 0.609. The van der Waals surface area contributed by atoms with E-state index in [1.807, 2.05) is 0 Å². The molecule has 0 aliphatic heterocycles. The van der Waals surface area contributed by atoms with Crippen molar-refractivity contribution in [2.75, 3.05) is 0 Å². The Kier molecular flexibility index (Phi) is 2.10. The zero-order valence-corrected chi connectivity index (χ0v) is 7.20. The van der Waals surface area contributed by atoms with E-state index in [9.17, 15) is 9.18 Å². The van der Waals surface area contributed by atoms with Gasteiger partial charge in [0.15, 0.2) is 5.82 Å². The van der Waals surface area contributed by atoms with E-state index < -0.39 is 11.4 Å². The molecule has 14 heavy (non-hydrogen) atoms. The molecule has 0 aromatic carbocycles. The number of aromatic nitrogens is 2. The maximum absolute atomic E-state index is 12.9. The minimum absolute atomic E-state index is 0.558. The zero-order valence-electron chi connectivity index (χ0n) is 7.20. The minimum atomic E-state index is -0.798. The molecule has 0 aliphatic rings. The first kappa shape index (κ1) is 8.62. The van der Waals surface area contributed by atoms with E-state index in [0.29, 0.717) is 11.3 Å². The molecule has 2 aromatic rings. The van der Waals surface area contributed by atoms with Gasteiger partial charge in [0.05, 0.1) is 5.69 Å². The number of H-pyrrole nitrogens is 1. The van der Waals surface area contributed by atoms with E-state index in [1.165, 1.54) is 12.3 Å². The van der Waals surface area contributed by atoms with Crippen LogP contribution in [0.4, 0.5) is 4.39 Å². The van der Waals surface area contributed by atoms with Crippen LogP contribution in [0.1, 0.15) is 0 Å². The third-order valence-corrected chi connectivity index (χ3v) is 1.82. The average Bonchev–Trinajstić information content (AvgIpc) is 2.23. The molecule has 0 radical (unpaired) electrons. The predicted octanol–water partition coefficient (Wildman–Crippen LogP) is 1.58. The van der Waals surface area contributed by atoms with Crippen LogP contribution in [0.2, 0.25) is 0 Å². The molecular weight excluding hydrogens is 183 g/mol. The Hall–Kier alpha value is -1.97. The van der Waals surface area contributed by atoms with Crippen LogP contribution in [0.25, 0.3) is 11.3 Å². The number of rotatable bonds is 1. The van der Waals surface area contributed by atoms with E-state index in [-0.39, 0.29) is 0 Å². The monoisotopic (exact) mass is 190 g/mol. The van der Waals surface area contributed by atoms with Crippen molar-refractivity contribution in [3.8, 4) is 11.3 Å². The van der Waals surface area contributed by atoms with Crippen LogP contribution in [0.15, 0.2) is 41.5 Å². The standard InChI is InChI=1S/C10H7FN2O/c11-8-5-7(6-13-10(8)14)9-3-1-2-4-12-9/h1-6H,(H,13,14). The summed E-state index contributed by atoms with van der Waals surface area (Å²) in [6.45, 7) is 0. The van der Waals surface area contributed by atoms with E-state index >= 15 is 0 Å². The summed E-state index contributed by atoms with van der Waals surface area (Å²) in [5, 5.41) is 0. The number of nitrogens with zero attached hydrogens (tertiary/aromatic N) is 1. The lowest BCUT2D eigenvalue weighted by atomic mass is 10.2.